The van der Waals surface area contributed by atoms with E-state index in [0.717, 1.165) is 11.3 Å². The van der Waals surface area contributed by atoms with Crippen molar-refractivity contribution in [2.75, 3.05) is 43.5 Å². The van der Waals surface area contributed by atoms with Gasteiger partial charge in [0.05, 0.1) is 23.4 Å². The van der Waals surface area contributed by atoms with E-state index in [2.05, 4.69) is 10.2 Å². The summed E-state index contributed by atoms with van der Waals surface area (Å²) >= 11 is 6.21. The summed E-state index contributed by atoms with van der Waals surface area (Å²) in [6.45, 7) is 2.14. The Hall–Kier alpha value is -4.37. The molecule has 0 unspecified atom stereocenters. The molecule has 0 atom stereocenters. The molecule has 3 aromatic carbocycles. The van der Waals surface area contributed by atoms with Crippen molar-refractivity contribution in [1.29, 1.82) is 0 Å². The summed E-state index contributed by atoms with van der Waals surface area (Å²) in [4.78, 5) is 40.2. The third-order valence-electron chi connectivity index (χ3n) is 5.99. The van der Waals surface area contributed by atoms with Crippen LogP contribution < -0.4 is 15.0 Å². The molecular formula is C27H25ClN4O5. The van der Waals surface area contributed by atoms with Gasteiger partial charge in [0.2, 0.25) is 5.91 Å². The molecule has 0 aliphatic carbocycles. The number of nitro benzene ring substituents is 1. The van der Waals surface area contributed by atoms with Crippen LogP contribution in [-0.2, 0) is 4.79 Å². The van der Waals surface area contributed by atoms with Gasteiger partial charge in [0.1, 0.15) is 0 Å². The van der Waals surface area contributed by atoms with E-state index in [0.29, 0.717) is 36.9 Å². The van der Waals surface area contributed by atoms with Gasteiger partial charge in [-0.15, -0.1) is 0 Å². The molecule has 37 heavy (non-hydrogen) atoms. The van der Waals surface area contributed by atoms with E-state index in [4.69, 9.17) is 16.3 Å². The van der Waals surface area contributed by atoms with Crippen molar-refractivity contribution in [2.24, 2.45) is 0 Å². The molecule has 1 heterocycles. The first-order chi connectivity index (χ1) is 17.9. The molecule has 1 fully saturated rings. The Labute approximate surface area is 219 Å². The fourth-order valence-corrected chi connectivity index (χ4v) is 4.23. The first kappa shape index (κ1) is 25.7. The highest BCUT2D eigenvalue weighted by Gasteiger charge is 2.23. The molecule has 1 N–H and O–H groups in total. The van der Waals surface area contributed by atoms with E-state index in [-0.39, 0.29) is 22.9 Å². The van der Waals surface area contributed by atoms with Gasteiger partial charge >= 0.3 is 5.69 Å². The molecule has 1 saturated heterocycles. The number of hydrogen-bond acceptors (Lipinski definition) is 6. The maximum atomic E-state index is 13.0. The second-order valence-corrected chi connectivity index (χ2v) is 8.75. The zero-order valence-electron chi connectivity index (χ0n) is 20.1. The summed E-state index contributed by atoms with van der Waals surface area (Å²) in [6.07, 6.45) is 3.37. The number of carbonyl (C=O) groups excluding carboxylic acids is 2. The van der Waals surface area contributed by atoms with Gasteiger partial charge in [-0.25, -0.2) is 0 Å². The van der Waals surface area contributed by atoms with Gasteiger partial charge in [-0.3, -0.25) is 19.7 Å². The lowest BCUT2D eigenvalue weighted by Gasteiger charge is -2.36. The monoisotopic (exact) mass is 520 g/mol. The molecule has 1 aliphatic rings. The predicted molar refractivity (Wildman–Crippen MR) is 143 cm³/mol. The zero-order valence-corrected chi connectivity index (χ0v) is 20.9. The van der Waals surface area contributed by atoms with E-state index in [1.807, 2.05) is 30.3 Å². The summed E-state index contributed by atoms with van der Waals surface area (Å²) in [5, 5.41) is 14.6. The molecule has 0 aromatic heterocycles. The van der Waals surface area contributed by atoms with Crippen molar-refractivity contribution >= 4 is 46.6 Å². The van der Waals surface area contributed by atoms with Crippen LogP contribution in [0.1, 0.15) is 15.9 Å². The Morgan fingerprint density at radius 2 is 1.76 bits per heavy atom. The van der Waals surface area contributed by atoms with E-state index in [1.165, 1.54) is 25.3 Å². The number of amides is 2. The van der Waals surface area contributed by atoms with Gasteiger partial charge in [-0.05, 0) is 42.0 Å². The van der Waals surface area contributed by atoms with Gasteiger partial charge in [0, 0.05) is 48.9 Å². The quantitative estimate of drug-likeness (QED) is 0.271. The van der Waals surface area contributed by atoms with Crippen LogP contribution in [0.2, 0.25) is 5.02 Å². The number of anilines is 2. The van der Waals surface area contributed by atoms with Gasteiger partial charge in [0.25, 0.3) is 5.91 Å². The van der Waals surface area contributed by atoms with Crippen LogP contribution in [0.15, 0.2) is 72.8 Å². The largest absolute Gasteiger partial charge is 0.490 e. The molecule has 0 spiro atoms. The maximum Gasteiger partial charge on any atom is 0.311 e. The lowest BCUT2D eigenvalue weighted by Crippen LogP contribution is -2.48. The molecule has 4 rings (SSSR count). The average molecular weight is 521 g/mol. The maximum absolute atomic E-state index is 13.0. The van der Waals surface area contributed by atoms with E-state index >= 15 is 0 Å². The van der Waals surface area contributed by atoms with Crippen molar-refractivity contribution in [3.63, 3.8) is 0 Å². The number of benzene rings is 3. The fraction of sp³-hybridized carbons (Fsp3) is 0.185. The number of methoxy groups -OCH3 is 1. The number of halogens is 1. The first-order valence-corrected chi connectivity index (χ1v) is 11.9. The zero-order chi connectivity index (χ0) is 26.4. The lowest BCUT2D eigenvalue weighted by molar-refractivity contribution is -0.385. The number of nitro groups is 1. The van der Waals surface area contributed by atoms with Crippen molar-refractivity contribution in [3.05, 3.63) is 99.1 Å². The van der Waals surface area contributed by atoms with Gasteiger partial charge in [-0.2, -0.15) is 0 Å². The van der Waals surface area contributed by atoms with Crippen LogP contribution in [-0.4, -0.2) is 54.9 Å². The minimum Gasteiger partial charge on any atom is -0.490 e. The molecule has 0 saturated carbocycles. The van der Waals surface area contributed by atoms with Gasteiger partial charge in [-0.1, -0.05) is 41.9 Å². The molecule has 2 amide bonds. The molecule has 9 nitrogen and oxygen atoms in total. The first-order valence-electron chi connectivity index (χ1n) is 11.6. The summed E-state index contributed by atoms with van der Waals surface area (Å²) < 4.78 is 5.01. The van der Waals surface area contributed by atoms with Crippen LogP contribution in [0, 0.1) is 10.1 Å². The van der Waals surface area contributed by atoms with Crippen molar-refractivity contribution in [2.45, 2.75) is 0 Å². The fourth-order valence-electron chi connectivity index (χ4n) is 4.06. The second kappa shape index (κ2) is 11.6. The normalized spacial score (nSPS) is 13.5. The van der Waals surface area contributed by atoms with Gasteiger partial charge in [0.15, 0.2) is 5.75 Å². The standard InChI is InChI=1S/C27H25ClN4O5/c1-37-25-11-8-20(17-24(25)32(35)36)27(34)29-22-18-21(28)9-10-23(22)30-13-15-31(16-14-30)26(33)12-7-19-5-3-2-4-6-19/h2-12,17-18H,13-16H2,1H3,(H,29,34)/b12-7+. The molecule has 190 valence electrons. The Morgan fingerprint density at radius 1 is 1.03 bits per heavy atom. The Kier molecular flexibility index (Phi) is 8.05. The molecule has 0 bridgehead atoms. The Morgan fingerprint density at radius 3 is 2.43 bits per heavy atom. The van der Waals surface area contributed by atoms with Crippen LogP contribution in [0.25, 0.3) is 6.08 Å². The highest BCUT2D eigenvalue weighted by molar-refractivity contribution is 6.31. The van der Waals surface area contributed by atoms with Gasteiger partial charge < -0.3 is 19.9 Å². The number of nitrogens with one attached hydrogen (secondary N) is 1. The smallest absolute Gasteiger partial charge is 0.311 e. The van der Waals surface area contributed by atoms with E-state index in [9.17, 15) is 19.7 Å². The SMILES string of the molecule is COc1ccc(C(=O)Nc2cc(Cl)ccc2N2CCN(C(=O)/C=C/c3ccccc3)CC2)cc1[N+](=O)[O-]. The van der Waals surface area contributed by atoms with Crippen molar-refractivity contribution in [1.82, 2.24) is 4.90 Å². The third kappa shape index (κ3) is 6.25. The topological polar surface area (TPSA) is 105 Å². The summed E-state index contributed by atoms with van der Waals surface area (Å²) in [5.74, 6) is -0.514. The van der Waals surface area contributed by atoms with Crippen LogP contribution in [0.3, 0.4) is 0 Å². The van der Waals surface area contributed by atoms with Crippen LogP contribution >= 0.6 is 11.6 Å². The number of carbonyl (C=O) groups is 2. The van der Waals surface area contributed by atoms with Crippen molar-refractivity contribution in [3.8, 4) is 5.75 Å². The van der Waals surface area contributed by atoms with Crippen LogP contribution in [0.5, 0.6) is 5.75 Å². The minimum absolute atomic E-state index is 0.0609. The van der Waals surface area contributed by atoms with Crippen LogP contribution in [0.4, 0.5) is 17.1 Å². The lowest BCUT2D eigenvalue weighted by atomic mass is 10.1. The van der Waals surface area contributed by atoms with E-state index < -0.39 is 10.8 Å². The number of hydrogen-bond donors (Lipinski definition) is 1. The Bertz CT molecular complexity index is 1340. The highest BCUT2D eigenvalue weighted by Crippen LogP contribution is 2.32. The average Bonchev–Trinajstić information content (AvgIpc) is 2.92. The molecule has 0 radical (unpaired) electrons. The minimum atomic E-state index is -0.601. The Balaban J connectivity index is 1.45. The number of ether oxygens (including phenoxy) is 1. The van der Waals surface area contributed by atoms with E-state index in [1.54, 1.807) is 35.3 Å². The number of rotatable bonds is 7. The number of piperazine rings is 1. The summed E-state index contributed by atoms with van der Waals surface area (Å²) in [7, 11) is 1.33. The third-order valence-corrected chi connectivity index (χ3v) is 6.23. The predicted octanol–water partition coefficient (Wildman–Crippen LogP) is 4.87. The summed E-state index contributed by atoms with van der Waals surface area (Å²) in [6, 6.07) is 18.8. The molecule has 3 aromatic rings. The molecular weight excluding hydrogens is 496 g/mol. The number of nitrogens with zero attached hydrogens (tertiary/aromatic N) is 3. The van der Waals surface area contributed by atoms with Crippen molar-refractivity contribution < 1.29 is 19.2 Å². The summed E-state index contributed by atoms with van der Waals surface area (Å²) in [5.41, 5.74) is 1.98. The highest BCUT2D eigenvalue weighted by atomic mass is 35.5. The second-order valence-electron chi connectivity index (χ2n) is 8.32. The molecule has 1 aliphatic heterocycles. The molecule has 10 heteroatoms.